The van der Waals surface area contributed by atoms with Gasteiger partial charge in [-0.15, -0.1) is 11.3 Å². The van der Waals surface area contributed by atoms with E-state index in [0.717, 1.165) is 23.7 Å². The Morgan fingerprint density at radius 3 is 2.80 bits per heavy atom. The van der Waals surface area contributed by atoms with Crippen molar-refractivity contribution in [2.24, 2.45) is 0 Å². The number of hydrogen-bond acceptors (Lipinski definition) is 4. The first kappa shape index (κ1) is 12.6. The zero-order chi connectivity index (χ0) is 11.3. The molecule has 1 N–H and O–H groups in total. The molecular weight excluding hydrogens is 208 g/mol. The molecule has 0 spiro atoms. The number of nitrogens with zero attached hydrogens (tertiary/aromatic N) is 1. The fourth-order valence-electron chi connectivity index (χ4n) is 1.50. The third kappa shape index (κ3) is 3.26. The smallest absolute Gasteiger partial charge is 0.122 e. The van der Waals surface area contributed by atoms with E-state index in [4.69, 9.17) is 4.74 Å². The average molecular weight is 228 g/mol. The van der Waals surface area contributed by atoms with Gasteiger partial charge in [0.15, 0.2) is 0 Å². The lowest BCUT2D eigenvalue weighted by Gasteiger charge is -2.10. The van der Waals surface area contributed by atoms with Gasteiger partial charge in [0.25, 0.3) is 0 Å². The van der Waals surface area contributed by atoms with Crippen LogP contribution in [0.2, 0.25) is 0 Å². The molecule has 86 valence electrons. The van der Waals surface area contributed by atoms with E-state index in [1.165, 1.54) is 0 Å². The molecule has 1 heterocycles. The summed E-state index contributed by atoms with van der Waals surface area (Å²) in [5, 5.41) is 6.55. The first-order valence-electron chi connectivity index (χ1n) is 5.44. The summed E-state index contributed by atoms with van der Waals surface area (Å²) in [5.74, 6) is 0. The number of methoxy groups -OCH3 is 1. The van der Waals surface area contributed by atoms with Gasteiger partial charge in [-0.3, -0.25) is 0 Å². The van der Waals surface area contributed by atoms with E-state index in [0.29, 0.717) is 6.04 Å². The predicted molar refractivity (Wildman–Crippen MR) is 64.2 cm³/mol. The highest BCUT2D eigenvalue weighted by Gasteiger charge is 2.14. The molecule has 0 aliphatic heterocycles. The van der Waals surface area contributed by atoms with Gasteiger partial charge >= 0.3 is 0 Å². The van der Waals surface area contributed by atoms with Crippen LogP contribution < -0.4 is 5.32 Å². The summed E-state index contributed by atoms with van der Waals surface area (Å²) in [6.07, 6.45) is 1.12. The molecule has 2 unspecified atom stereocenters. The minimum absolute atomic E-state index is 0.151. The van der Waals surface area contributed by atoms with Crippen molar-refractivity contribution in [3.8, 4) is 0 Å². The van der Waals surface area contributed by atoms with E-state index in [2.05, 4.69) is 36.5 Å². The molecule has 3 nitrogen and oxygen atoms in total. The van der Waals surface area contributed by atoms with Crippen molar-refractivity contribution in [2.75, 3.05) is 13.7 Å². The second-order valence-electron chi connectivity index (χ2n) is 3.52. The summed E-state index contributed by atoms with van der Waals surface area (Å²) in [4.78, 5) is 4.60. The van der Waals surface area contributed by atoms with Crippen LogP contribution in [0.3, 0.4) is 0 Å². The zero-order valence-electron chi connectivity index (χ0n) is 9.91. The Morgan fingerprint density at radius 1 is 1.53 bits per heavy atom. The van der Waals surface area contributed by atoms with Crippen molar-refractivity contribution in [2.45, 2.75) is 39.3 Å². The Labute approximate surface area is 95.9 Å². The number of hydrogen-bond donors (Lipinski definition) is 1. The van der Waals surface area contributed by atoms with Crippen LogP contribution in [-0.2, 0) is 4.74 Å². The van der Waals surface area contributed by atoms with Crippen molar-refractivity contribution in [1.82, 2.24) is 10.3 Å². The van der Waals surface area contributed by atoms with Crippen LogP contribution in [0.1, 0.15) is 50.0 Å². The normalized spacial score (nSPS) is 15.2. The van der Waals surface area contributed by atoms with Crippen molar-refractivity contribution >= 4 is 11.3 Å². The topological polar surface area (TPSA) is 34.1 Å². The molecule has 0 amide bonds. The lowest BCUT2D eigenvalue weighted by atomic mass is 10.2. The van der Waals surface area contributed by atoms with Crippen molar-refractivity contribution in [3.63, 3.8) is 0 Å². The van der Waals surface area contributed by atoms with Gasteiger partial charge in [0.05, 0.1) is 5.69 Å². The maximum atomic E-state index is 5.37. The first-order chi connectivity index (χ1) is 7.22. The van der Waals surface area contributed by atoms with Crippen LogP contribution in [0.4, 0.5) is 0 Å². The maximum Gasteiger partial charge on any atom is 0.122 e. The van der Waals surface area contributed by atoms with Crippen LogP contribution in [0.15, 0.2) is 5.38 Å². The minimum Gasteiger partial charge on any atom is -0.374 e. The molecular formula is C11H20N2OS. The van der Waals surface area contributed by atoms with Crippen molar-refractivity contribution in [1.29, 1.82) is 0 Å². The van der Waals surface area contributed by atoms with E-state index in [9.17, 15) is 0 Å². The van der Waals surface area contributed by atoms with Crippen molar-refractivity contribution < 1.29 is 4.74 Å². The SMILES string of the molecule is CCNC(C)c1csc(C(CC)OC)n1. The summed E-state index contributed by atoms with van der Waals surface area (Å²) in [5.41, 5.74) is 1.12. The van der Waals surface area contributed by atoms with Crippen LogP contribution in [-0.4, -0.2) is 18.6 Å². The third-order valence-electron chi connectivity index (χ3n) is 2.42. The van der Waals surface area contributed by atoms with E-state index < -0.39 is 0 Å². The Morgan fingerprint density at radius 2 is 2.27 bits per heavy atom. The van der Waals surface area contributed by atoms with Gasteiger partial charge in [-0.25, -0.2) is 4.98 Å². The molecule has 0 radical (unpaired) electrons. The highest BCUT2D eigenvalue weighted by Crippen LogP contribution is 2.25. The lowest BCUT2D eigenvalue weighted by molar-refractivity contribution is 0.0996. The first-order valence-corrected chi connectivity index (χ1v) is 6.32. The molecule has 0 aromatic carbocycles. The molecule has 1 rings (SSSR count). The average Bonchev–Trinajstić information content (AvgIpc) is 2.69. The quantitative estimate of drug-likeness (QED) is 0.813. The summed E-state index contributed by atoms with van der Waals surface area (Å²) in [6, 6.07) is 0.328. The van der Waals surface area contributed by atoms with Gasteiger partial charge < -0.3 is 10.1 Å². The molecule has 1 aromatic rings. The van der Waals surface area contributed by atoms with Gasteiger partial charge in [-0.1, -0.05) is 13.8 Å². The standard InChI is InChI=1S/C11H20N2OS/c1-5-10(14-4)11-13-9(7-15-11)8(3)12-6-2/h7-8,10,12H,5-6H2,1-4H3. The van der Waals surface area contributed by atoms with E-state index in [1.54, 1.807) is 18.4 Å². The van der Waals surface area contributed by atoms with E-state index in [-0.39, 0.29) is 6.10 Å². The molecule has 0 bridgehead atoms. The maximum absolute atomic E-state index is 5.37. The largest absolute Gasteiger partial charge is 0.374 e. The van der Waals surface area contributed by atoms with E-state index >= 15 is 0 Å². The molecule has 2 atom stereocenters. The predicted octanol–water partition coefficient (Wildman–Crippen LogP) is 2.91. The highest BCUT2D eigenvalue weighted by atomic mass is 32.1. The van der Waals surface area contributed by atoms with Crippen LogP contribution in [0.25, 0.3) is 0 Å². The van der Waals surface area contributed by atoms with Gasteiger partial charge in [-0.05, 0) is 19.9 Å². The fourth-order valence-corrected chi connectivity index (χ4v) is 2.57. The fraction of sp³-hybridized carbons (Fsp3) is 0.727. The van der Waals surface area contributed by atoms with Gasteiger partial charge in [0.1, 0.15) is 11.1 Å². The molecule has 0 saturated carbocycles. The molecule has 1 aromatic heterocycles. The Bertz CT molecular complexity index is 284. The van der Waals surface area contributed by atoms with Gasteiger partial charge in [-0.2, -0.15) is 0 Å². The third-order valence-corrected chi connectivity index (χ3v) is 3.38. The van der Waals surface area contributed by atoms with Gasteiger partial charge in [0.2, 0.25) is 0 Å². The van der Waals surface area contributed by atoms with Gasteiger partial charge in [0, 0.05) is 18.5 Å². The summed E-state index contributed by atoms with van der Waals surface area (Å²) >= 11 is 1.68. The second kappa shape index (κ2) is 6.20. The molecule has 15 heavy (non-hydrogen) atoms. The molecule has 0 fully saturated rings. The molecule has 4 heteroatoms. The Balaban J connectivity index is 2.70. The Kier molecular flexibility index (Phi) is 5.22. The number of thiazole rings is 1. The number of rotatable bonds is 6. The summed E-state index contributed by atoms with van der Waals surface area (Å²) < 4.78 is 5.37. The second-order valence-corrected chi connectivity index (χ2v) is 4.41. The van der Waals surface area contributed by atoms with Crippen LogP contribution >= 0.6 is 11.3 Å². The molecule has 0 saturated heterocycles. The monoisotopic (exact) mass is 228 g/mol. The number of ether oxygens (including phenoxy) is 1. The van der Waals surface area contributed by atoms with Crippen molar-refractivity contribution in [3.05, 3.63) is 16.1 Å². The number of nitrogens with one attached hydrogen (secondary N) is 1. The molecule has 0 aliphatic rings. The highest BCUT2D eigenvalue weighted by molar-refractivity contribution is 7.09. The summed E-state index contributed by atoms with van der Waals surface area (Å²) in [7, 11) is 1.74. The van der Waals surface area contributed by atoms with Crippen LogP contribution in [0.5, 0.6) is 0 Å². The Hall–Kier alpha value is -0.450. The minimum atomic E-state index is 0.151. The zero-order valence-corrected chi connectivity index (χ0v) is 10.7. The van der Waals surface area contributed by atoms with Crippen LogP contribution in [0, 0.1) is 0 Å². The summed E-state index contributed by atoms with van der Waals surface area (Å²) in [6.45, 7) is 7.32. The molecule has 0 aliphatic carbocycles. The lowest BCUT2D eigenvalue weighted by Crippen LogP contribution is -2.18. The van der Waals surface area contributed by atoms with E-state index in [1.807, 2.05) is 0 Å². The number of aromatic nitrogens is 1.